The molecule has 1 aromatic heterocycles. The standard InChI is InChI=1S/C16H13N3O5/c17-14-10(8-4-2-1-3-5-8)12(20)11(15(18)21)19(14)9-6-7-24-13(9)16(22)23/h1-7,11,17,20H,(H2,18,21)(H,22,23)/t11-/m0/s1. The molecule has 1 amide bonds. The first-order valence-corrected chi connectivity index (χ1v) is 6.90. The summed E-state index contributed by atoms with van der Waals surface area (Å²) in [5.74, 6) is -3.38. The zero-order valence-electron chi connectivity index (χ0n) is 12.3. The fourth-order valence-electron chi connectivity index (χ4n) is 2.69. The van der Waals surface area contributed by atoms with Crippen molar-refractivity contribution in [2.24, 2.45) is 5.73 Å². The number of aliphatic hydroxyl groups excluding tert-OH is 1. The number of aromatic carboxylic acids is 1. The van der Waals surface area contributed by atoms with E-state index in [4.69, 9.17) is 15.6 Å². The van der Waals surface area contributed by atoms with Crippen molar-refractivity contribution in [1.29, 1.82) is 5.41 Å². The summed E-state index contributed by atoms with van der Waals surface area (Å²) in [6.07, 6.45) is 1.13. The van der Waals surface area contributed by atoms with Crippen LogP contribution in [0.5, 0.6) is 0 Å². The van der Waals surface area contributed by atoms with Gasteiger partial charge >= 0.3 is 5.97 Å². The van der Waals surface area contributed by atoms with Crippen molar-refractivity contribution in [3.8, 4) is 0 Å². The van der Waals surface area contributed by atoms with E-state index in [9.17, 15) is 19.8 Å². The highest BCUT2D eigenvalue weighted by Crippen LogP contribution is 2.37. The average Bonchev–Trinajstić information content (AvgIpc) is 3.10. The topological polar surface area (TPSA) is 141 Å². The molecule has 8 nitrogen and oxygen atoms in total. The van der Waals surface area contributed by atoms with Gasteiger partial charge in [0.1, 0.15) is 11.6 Å². The Labute approximate surface area is 135 Å². The van der Waals surface area contributed by atoms with Gasteiger partial charge in [0.15, 0.2) is 6.04 Å². The number of carbonyl (C=O) groups is 2. The molecule has 0 saturated heterocycles. The van der Waals surface area contributed by atoms with Gasteiger partial charge in [0.05, 0.1) is 17.5 Å². The van der Waals surface area contributed by atoms with E-state index in [0.717, 1.165) is 11.2 Å². The third-order valence-electron chi connectivity index (χ3n) is 3.68. The lowest BCUT2D eigenvalue weighted by atomic mass is 10.0. The van der Waals surface area contributed by atoms with Gasteiger partial charge in [-0.05, 0) is 5.56 Å². The molecule has 1 aromatic carbocycles. The monoisotopic (exact) mass is 327 g/mol. The van der Waals surface area contributed by atoms with Crippen molar-refractivity contribution in [3.05, 3.63) is 59.7 Å². The molecule has 0 aliphatic carbocycles. The van der Waals surface area contributed by atoms with Gasteiger partial charge in [-0.1, -0.05) is 30.3 Å². The predicted molar refractivity (Wildman–Crippen MR) is 84.8 cm³/mol. The van der Waals surface area contributed by atoms with Crippen LogP contribution in [0.15, 0.2) is 52.8 Å². The first-order chi connectivity index (χ1) is 11.4. The third kappa shape index (κ3) is 2.21. The van der Waals surface area contributed by atoms with E-state index in [1.165, 1.54) is 6.07 Å². The van der Waals surface area contributed by atoms with Crippen LogP contribution >= 0.6 is 0 Å². The summed E-state index contributed by atoms with van der Waals surface area (Å²) < 4.78 is 4.90. The number of hydrogen-bond acceptors (Lipinski definition) is 5. The van der Waals surface area contributed by atoms with Gasteiger partial charge in [0.2, 0.25) is 11.7 Å². The zero-order valence-corrected chi connectivity index (χ0v) is 12.3. The van der Waals surface area contributed by atoms with Gasteiger partial charge in [-0.15, -0.1) is 0 Å². The number of nitrogens with two attached hydrogens (primary N) is 1. The van der Waals surface area contributed by atoms with Crippen LogP contribution in [-0.4, -0.2) is 34.0 Å². The Bertz CT molecular complexity index is 869. The lowest BCUT2D eigenvalue weighted by Crippen LogP contribution is -2.45. The molecule has 0 radical (unpaired) electrons. The Hall–Kier alpha value is -3.55. The molecule has 2 aromatic rings. The number of furan rings is 1. The molecule has 24 heavy (non-hydrogen) atoms. The lowest BCUT2D eigenvalue weighted by Gasteiger charge is -2.23. The van der Waals surface area contributed by atoms with E-state index in [0.29, 0.717) is 5.56 Å². The number of carbonyl (C=O) groups excluding carboxylic acids is 1. The minimum absolute atomic E-state index is 0.0335. The van der Waals surface area contributed by atoms with E-state index >= 15 is 0 Å². The van der Waals surface area contributed by atoms with Crippen LogP contribution < -0.4 is 10.6 Å². The molecular weight excluding hydrogens is 314 g/mol. The van der Waals surface area contributed by atoms with Gasteiger partial charge in [0, 0.05) is 6.07 Å². The Morgan fingerprint density at radius 1 is 1.21 bits per heavy atom. The normalized spacial score (nSPS) is 17.4. The lowest BCUT2D eigenvalue weighted by molar-refractivity contribution is -0.118. The Balaban J connectivity index is 2.16. The summed E-state index contributed by atoms with van der Waals surface area (Å²) in [6.45, 7) is 0. The fraction of sp³-hybridized carbons (Fsp3) is 0.0625. The number of aliphatic hydroxyl groups is 1. The van der Waals surface area contributed by atoms with Crippen molar-refractivity contribution in [2.75, 3.05) is 4.90 Å². The highest BCUT2D eigenvalue weighted by Gasteiger charge is 2.43. The van der Waals surface area contributed by atoms with E-state index in [-0.39, 0.29) is 17.1 Å². The fourth-order valence-corrected chi connectivity index (χ4v) is 2.69. The Morgan fingerprint density at radius 2 is 1.88 bits per heavy atom. The van der Waals surface area contributed by atoms with Gasteiger partial charge < -0.3 is 25.3 Å². The van der Waals surface area contributed by atoms with Gasteiger partial charge in [-0.25, -0.2) is 4.79 Å². The number of amides is 1. The maximum Gasteiger partial charge on any atom is 0.374 e. The minimum atomic E-state index is -1.39. The van der Waals surface area contributed by atoms with Crippen LogP contribution in [0.1, 0.15) is 16.1 Å². The maximum absolute atomic E-state index is 11.8. The van der Waals surface area contributed by atoms with Gasteiger partial charge in [0.25, 0.3) is 0 Å². The minimum Gasteiger partial charge on any atom is -0.509 e. The molecule has 3 rings (SSSR count). The van der Waals surface area contributed by atoms with E-state index in [1.807, 2.05) is 0 Å². The number of primary amides is 1. The SMILES string of the molecule is N=C1C(c2ccccc2)=C(O)[C@@H](C(N)=O)N1c1ccoc1C(=O)O. The smallest absolute Gasteiger partial charge is 0.374 e. The third-order valence-corrected chi connectivity index (χ3v) is 3.68. The van der Waals surface area contributed by atoms with Crippen LogP contribution in [0.3, 0.4) is 0 Å². The van der Waals surface area contributed by atoms with Gasteiger partial charge in [-0.2, -0.15) is 0 Å². The molecule has 8 heteroatoms. The number of benzene rings is 1. The molecular formula is C16H13N3O5. The van der Waals surface area contributed by atoms with Crippen LogP contribution in [0.2, 0.25) is 0 Å². The number of carboxylic acids is 1. The average molecular weight is 327 g/mol. The summed E-state index contributed by atoms with van der Waals surface area (Å²) >= 11 is 0. The maximum atomic E-state index is 11.8. The van der Waals surface area contributed by atoms with Crippen molar-refractivity contribution in [2.45, 2.75) is 6.04 Å². The van der Waals surface area contributed by atoms with Crippen molar-refractivity contribution in [1.82, 2.24) is 0 Å². The summed E-state index contributed by atoms with van der Waals surface area (Å²) in [7, 11) is 0. The second-order valence-electron chi connectivity index (χ2n) is 5.09. The number of amidine groups is 1. The van der Waals surface area contributed by atoms with Crippen LogP contribution in [-0.2, 0) is 4.79 Å². The Morgan fingerprint density at radius 3 is 2.46 bits per heavy atom. The second-order valence-corrected chi connectivity index (χ2v) is 5.09. The van der Waals surface area contributed by atoms with Crippen LogP contribution in [0, 0.1) is 5.41 Å². The zero-order chi connectivity index (χ0) is 17.4. The van der Waals surface area contributed by atoms with Gasteiger partial charge in [-0.3, -0.25) is 10.2 Å². The number of nitrogens with zero attached hydrogens (tertiary/aromatic N) is 1. The molecule has 5 N–H and O–H groups in total. The largest absolute Gasteiger partial charge is 0.509 e. The quantitative estimate of drug-likeness (QED) is 0.672. The summed E-state index contributed by atoms with van der Waals surface area (Å²) in [5, 5.41) is 28.0. The van der Waals surface area contributed by atoms with E-state index in [2.05, 4.69) is 0 Å². The molecule has 2 heterocycles. The number of carboxylic acid groups (broad SMARTS) is 1. The molecule has 0 bridgehead atoms. The molecule has 0 saturated carbocycles. The molecule has 1 aliphatic rings. The highest BCUT2D eigenvalue weighted by molar-refractivity contribution is 6.34. The summed E-state index contributed by atoms with van der Waals surface area (Å²) in [4.78, 5) is 24.2. The summed E-state index contributed by atoms with van der Waals surface area (Å²) in [6, 6.07) is 8.43. The predicted octanol–water partition coefficient (Wildman–Crippen LogP) is 1.60. The van der Waals surface area contributed by atoms with Crippen LogP contribution in [0.25, 0.3) is 5.57 Å². The van der Waals surface area contributed by atoms with E-state index in [1.54, 1.807) is 30.3 Å². The molecule has 0 unspecified atom stereocenters. The molecule has 1 atom stereocenters. The highest BCUT2D eigenvalue weighted by atomic mass is 16.4. The number of hydrogen-bond donors (Lipinski definition) is 4. The van der Waals surface area contributed by atoms with Crippen molar-refractivity contribution in [3.63, 3.8) is 0 Å². The van der Waals surface area contributed by atoms with Crippen molar-refractivity contribution < 1.29 is 24.2 Å². The number of rotatable bonds is 4. The van der Waals surface area contributed by atoms with Crippen molar-refractivity contribution >= 4 is 29.0 Å². The second kappa shape index (κ2) is 5.58. The molecule has 0 fully saturated rings. The molecule has 0 spiro atoms. The molecule has 122 valence electrons. The summed E-state index contributed by atoms with van der Waals surface area (Å²) in [5.41, 5.74) is 5.95. The number of nitrogens with one attached hydrogen (secondary N) is 1. The first-order valence-electron chi connectivity index (χ1n) is 6.90. The number of anilines is 1. The van der Waals surface area contributed by atoms with Crippen LogP contribution in [0.4, 0.5) is 5.69 Å². The Kier molecular flexibility index (Phi) is 3.57. The molecule has 1 aliphatic heterocycles. The first kappa shape index (κ1) is 15.3. The van der Waals surface area contributed by atoms with E-state index < -0.39 is 29.4 Å².